The Morgan fingerprint density at radius 2 is 0.829 bits per heavy atom. The molecule has 0 aliphatic heterocycles. The zero-order valence-electron chi connectivity index (χ0n) is 47.2. The summed E-state index contributed by atoms with van der Waals surface area (Å²) < 4.78 is 23.4. The lowest BCUT2D eigenvalue weighted by Gasteiger charge is -2.29. The van der Waals surface area contributed by atoms with Crippen LogP contribution in [0.4, 0.5) is 0 Å². The van der Waals surface area contributed by atoms with Crippen LogP contribution in [0.5, 0.6) is 0 Å². The lowest BCUT2D eigenvalue weighted by atomic mass is 10.0. The molecular weight excluding hydrogens is 888 g/mol. The van der Waals surface area contributed by atoms with Crippen LogP contribution in [0.2, 0.25) is 0 Å². The van der Waals surface area contributed by atoms with E-state index in [2.05, 4.69) is 43.5 Å². The number of amides is 1. The lowest BCUT2D eigenvalue weighted by Crippen LogP contribution is -2.45. The highest BCUT2D eigenvalue weighted by Gasteiger charge is 2.23. The molecule has 0 aromatic carbocycles. The number of phosphoric acid groups is 1. The van der Waals surface area contributed by atoms with Crippen molar-refractivity contribution in [1.82, 2.24) is 5.32 Å². The van der Waals surface area contributed by atoms with Crippen molar-refractivity contribution in [2.45, 2.75) is 309 Å². The van der Waals surface area contributed by atoms with Gasteiger partial charge in [-0.2, -0.15) is 0 Å². The molecule has 0 aromatic rings. The smallest absolute Gasteiger partial charge is 0.268 e. The van der Waals surface area contributed by atoms with Crippen LogP contribution in [0.25, 0.3) is 0 Å². The highest BCUT2D eigenvalue weighted by Crippen LogP contribution is 2.38. The number of quaternary nitrogens is 1. The third-order valence-corrected chi connectivity index (χ3v) is 14.8. The number of nitrogens with one attached hydrogen (secondary N) is 1. The molecule has 0 saturated carbocycles. The van der Waals surface area contributed by atoms with Gasteiger partial charge in [-0.05, 0) is 51.4 Å². The van der Waals surface area contributed by atoms with Crippen molar-refractivity contribution in [3.8, 4) is 0 Å². The van der Waals surface area contributed by atoms with E-state index in [0.29, 0.717) is 17.4 Å². The number of nitrogens with zero attached hydrogens (tertiary/aromatic N) is 1. The largest absolute Gasteiger partial charge is 0.756 e. The van der Waals surface area contributed by atoms with Crippen LogP contribution in [0.3, 0.4) is 0 Å². The van der Waals surface area contributed by atoms with E-state index in [1.165, 1.54) is 231 Å². The Balaban J connectivity index is 4.13. The Morgan fingerprint density at radius 3 is 1.21 bits per heavy atom. The number of aliphatic hydroxyl groups is 1. The highest BCUT2D eigenvalue weighted by atomic mass is 31.2. The summed E-state index contributed by atoms with van der Waals surface area (Å²) in [5.74, 6) is -0.199. The number of carbonyl (C=O) groups excluding carboxylic acids is 1. The summed E-state index contributed by atoms with van der Waals surface area (Å²) in [4.78, 5) is 25.5. The Bertz CT molecular complexity index is 1230. The van der Waals surface area contributed by atoms with E-state index < -0.39 is 20.0 Å². The van der Waals surface area contributed by atoms with Gasteiger partial charge in [0.15, 0.2) is 0 Å². The van der Waals surface area contributed by atoms with Crippen LogP contribution in [-0.4, -0.2) is 68.5 Å². The maximum absolute atomic E-state index is 13.0. The number of unbranched alkanes of at least 4 members (excludes halogenated alkanes) is 39. The lowest BCUT2D eigenvalue weighted by molar-refractivity contribution is -0.870. The van der Waals surface area contributed by atoms with Gasteiger partial charge >= 0.3 is 0 Å². The molecule has 2 N–H and O–H groups in total. The third-order valence-electron chi connectivity index (χ3n) is 13.8. The number of likely N-dealkylation sites (N-methyl/N-ethyl adjacent to an activating group) is 1. The maximum Gasteiger partial charge on any atom is 0.268 e. The second-order valence-corrected chi connectivity index (χ2v) is 23.5. The molecule has 8 nitrogen and oxygen atoms in total. The van der Waals surface area contributed by atoms with Gasteiger partial charge in [-0.25, -0.2) is 0 Å². The van der Waals surface area contributed by atoms with Crippen molar-refractivity contribution >= 4 is 13.7 Å². The molecule has 0 aromatic heterocycles. The first kappa shape index (κ1) is 68.7. The van der Waals surface area contributed by atoms with Crippen molar-refractivity contribution in [3.63, 3.8) is 0 Å². The predicted octanol–water partition coefficient (Wildman–Crippen LogP) is 17.9. The van der Waals surface area contributed by atoms with Crippen molar-refractivity contribution in [3.05, 3.63) is 36.5 Å². The van der Waals surface area contributed by atoms with E-state index in [9.17, 15) is 19.4 Å². The van der Waals surface area contributed by atoms with Crippen LogP contribution < -0.4 is 10.2 Å². The van der Waals surface area contributed by atoms with Gasteiger partial charge in [-0.1, -0.05) is 275 Å². The monoisotopic (exact) mass is 1010 g/mol. The first-order valence-electron chi connectivity index (χ1n) is 30.4. The minimum atomic E-state index is -4.60. The summed E-state index contributed by atoms with van der Waals surface area (Å²) in [6.45, 7) is 4.66. The van der Waals surface area contributed by atoms with Gasteiger partial charge in [-0.3, -0.25) is 9.36 Å². The number of allylic oxidation sites excluding steroid dienone is 5. The van der Waals surface area contributed by atoms with Gasteiger partial charge in [0.1, 0.15) is 13.2 Å². The van der Waals surface area contributed by atoms with Gasteiger partial charge in [0.2, 0.25) is 5.91 Å². The van der Waals surface area contributed by atoms with Crippen molar-refractivity contribution in [2.75, 3.05) is 40.9 Å². The van der Waals surface area contributed by atoms with Gasteiger partial charge in [0, 0.05) is 6.42 Å². The van der Waals surface area contributed by atoms with E-state index in [1.807, 2.05) is 27.2 Å². The molecule has 0 aliphatic rings. The Hall–Kier alpha value is -1.28. The quantitative estimate of drug-likeness (QED) is 0.0272. The summed E-state index contributed by atoms with van der Waals surface area (Å²) in [5, 5.41) is 13.9. The second-order valence-electron chi connectivity index (χ2n) is 22.1. The maximum atomic E-state index is 13.0. The molecule has 0 bridgehead atoms. The molecule has 0 saturated heterocycles. The first-order valence-corrected chi connectivity index (χ1v) is 31.8. The first-order chi connectivity index (χ1) is 34.0. The second kappa shape index (κ2) is 52.6. The fourth-order valence-corrected chi connectivity index (χ4v) is 9.79. The summed E-state index contributed by atoms with van der Waals surface area (Å²) in [5.41, 5.74) is 0. The molecule has 0 rings (SSSR count). The van der Waals surface area contributed by atoms with E-state index in [-0.39, 0.29) is 19.1 Å². The molecule has 3 unspecified atom stereocenters. The molecule has 0 aliphatic carbocycles. The Morgan fingerprint density at radius 1 is 0.500 bits per heavy atom. The minimum absolute atomic E-state index is 0.00141. The molecule has 3 atom stereocenters. The third kappa shape index (κ3) is 54.5. The minimum Gasteiger partial charge on any atom is -0.756 e. The standard InChI is InChI=1S/C61H119N2O6P/c1-6-8-10-12-14-16-18-20-22-24-26-27-28-29-30-31-32-33-34-35-37-38-40-42-44-46-48-50-52-54-60(64)59(58-69-70(66,67)68-57-56-63(3,4)5)62-61(65)55-53-51-49-47-45-43-41-39-36-25-23-21-19-17-15-13-11-9-7-2/h15,17,21,23,52,54,59-60,64H,6-14,16,18-20,22,24-51,53,55-58H2,1-5H3,(H-,62,65,66,67)/b17-15-,23-21-,54-52+. The molecule has 0 spiro atoms. The fraction of sp³-hybridized carbons (Fsp3) is 0.885. The van der Waals surface area contributed by atoms with Crippen molar-refractivity contribution < 1.29 is 32.9 Å². The van der Waals surface area contributed by atoms with Crippen molar-refractivity contribution in [2.24, 2.45) is 0 Å². The Kier molecular flexibility index (Phi) is 51.6. The molecule has 1 amide bonds. The summed E-state index contributed by atoms with van der Waals surface area (Å²) >= 11 is 0. The molecule has 0 heterocycles. The fourth-order valence-electron chi connectivity index (χ4n) is 9.07. The van der Waals surface area contributed by atoms with Gasteiger partial charge in [0.05, 0.1) is 39.9 Å². The van der Waals surface area contributed by atoms with E-state index in [4.69, 9.17) is 9.05 Å². The number of carbonyl (C=O) groups is 1. The van der Waals surface area contributed by atoms with Gasteiger partial charge in [-0.15, -0.1) is 0 Å². The molecule has 70 heavy (non-hydrogen) atoms. The van der Waals surface area contributed by atoms with Gasteiger partial charge < -0.3 is 28.8 Å². The number of aliphatic hydroxyl groups excluding tert-OH is 1. The zero-order valence-corrected chi connectivity index (χ0v) is 48.1. The predicted molar refractivity (Wildman–Crippen MR) is 302 cm³/mol. The van der Waals surface area contributed by atoms with Crippen LogP contribution in [0.1, 0.15) is 296 Å². The average Bonchev–Trinajstić information content (AvgIpc) is 3.32. The highest BCUT2D eigenvalue weighted by molar-refractivity contribution is 7.45. The summed E-state index contributed by atoms with van der Waals surface area (Å²) in [6.07, 6.45) is 68.0. The molecule has 0 radical (unpaired) electrons. The zero-order chi connectivity index (χ0) is 51.3. The van der Waals surface area contributed by atoms with Crippen LogP contribution in [-0.2, 0) is 18.4 Å². The molecule has 9 heteroatoms. The Labute approximate surface area is 436 Å². The summed E-state index contributed by atoms with van der Waals surface area (Å²) in [6, 6.07) is -0.889. The van der Waals surface area contributed by atoms with Crippen LogP contribution in [0.15, 0.2) is 36.5 Å². The van der Waals surface area contributed by atoms with E-state index in [0.717, 1.165) is 44.9 Å². The topological polar surface area (TPSA) is 108 Å². The molecule has 0 fully saturated rings. The number of phosphoric ester groups is 1. The van der Waals surface area contributed by atoms with Crippen LogP contribution >= 0.6 is 7.82 Å². The SMILES string of the molecule is CCCCC/C=C\C/C=C\CCCCCCCCCCCC(=O)NC(COP(=O)([O-])OCC[N+](C)(C)C)C(O)/C=C/CCCCCCCCCCCCCCCCCCCCCCCCCCCCC. The average molecular weight is 1010 g/mol. The molecular formula is C61H119N2O6P. The van der Waals surface area contributed by atoms with Gasteiger partial charge in [0.25, 0.3) is 7.82 Å². The van der Waals surface area contributed by atoms with Crippen LogP contribution in [0, 0.1) is 0 Å². The number of hydrogen-bond donors (Lipinski definition) is 2. The van der Waals surface area contributed by atoms with E-state index in [1.54, 1.807) is 6.08 Å². The number of hydrogen-bond acceptors (Lipinski definition) is 6. The van der Waals surface area contributed by atoms with E-state index >= 15 is 0 Å². The normalized spacial score (nSPS) is 14.1. The van der Waals surface area contributed by atoms with Crippen molar-refractivity contribution in [1.29, 1.82) is 0 Å². The number of rotatable bonds is 56. The molecule has 414 valence electrons. The summed E-state index contributed by atoms with van der Waals surface area (Å²) in [7, 11) is 1.27.